The fourth-order valence-electron chi connectivity index (χ4n) is 3.07. The molecule has 3 rings (SSSR count). The predicted molar refractivity (Wildman–Crippen MR) is 115 cm³/mol. The number of nitriles is 1. The van der Waals surface area contributed by atoms with Gasteiger partial charge in [0, 0.05) is 6.07 Å². The van der Waals surface area contributed by atoms with Gasteiger partial charge in [-0.25, -0.2) is 0 Å². The molecule has 0 fully saturated rings. The molecule has 0 aromatic heterocycles. The van der Waals surface area contributed by atoms with E-state index in [-0.39, 0.29) is 18.6 Å². The number of nitrogens with one attached hydrogen (secondary N) is 1. The second-order valence-electron chi connectivity index (χ2n) is 6.82. The number of hydrogen-bond donors (Lipinski definition) is 1. The van der Waals surface area contributed by atoms with Crippen LogP contribution in [0.5, 0.6) is 11.5 Å². The van der Waals surface area contributed by atoms with E-state index in [1.165, 1.54) is 0 Å². The van der Waals surface area contributed by atoms with Crippen LogP contribution in [0.2, 0.25) is 0 Å². The normalized spacial score (nSPS) is 11.2. The van der Waals surface area contributed by atoms with Crippen molar-refractivity contribution in [3.63, 3.8) is 0 Å². The zero-order valence-electron chi connectivity index (χ0n) is 17.1. The van der Waals surface area contributed by atoms with Crippen LogP contribution in [-0.2, 0) is 4.79 Å². The van der Waals surface area contributed by atoms with Crippen LogP contribution in [0, 0.1) is 18.3 Å². The number of ether oxygens (including phenoxy) is 2. The molecule has 0 aliphatic carbocycles. The summed E-state index contributed by atoms with van der Waals surface area (Å²) < 4.78 is 11.2. The monoisotopic (exact) mass is 400 g/mol. The molecule has 0 saturated heterocycles. The van der Waals surface area contributed by atoms with E-state index in [1.807, 2.05) is 68.4 Å². The van der Waals surface area contributed by atoms with Gasteiger partial charge < -0.3 is 14.8 Å². The van der Waals surface area contributed by atoms with Gasteiger partial charge in [-0.05, 0) is 37.1 Å². The minimum atomic E-state index is -0.282. The lowest BCUT2D eigenvalue weighted by atomic mass is 9.98. The molecule has 3 aromatic rings. The highest BCUT2D eigenvalue weighted by molar-refractivity contribution is 5.78. The number of benzene rings is 3. The van der Waals surface area contributed by atoms with Gasteiger partial charge in [0.15, 0.2) is 18.1 Å². The maximum atomic E-state index is 12.7. The van der Waals surface area contributed by atoms with Gasteiger partial charge in [0.2, 0.25) is 0 Å². The van der Waals surface area contributed by atoms with Crippen LogP contribution in [0.25, 0.3) is 0 Å². The summed E-state index contributed by atoms with van der Waals surface area (Å²) in [4.78, 5) is 12.7. The van der Waals surface area contributed by atoms with E-state index in [1.54, 1.807) is 18.2 Å². The number of amides is 1. The van der Waals surface area contributed by atoms with Gasteiger partial charge in [0.1, 0.15) is 0 Å². The molecule has 152 valence electrons. The molecule has 5 heteroatoms. The molecule has 0 spiro atoms. The first-order valence-corrected chi connectivity index (χ1v) is 9.81. The Hall–Kier alpha value is -3.78. The Labute approximate surface area is 176 Å². The van der Waals surface area contributed by atoms with Gasteiger partial charge in [-0.3, -0.25) is 4.79 Å². The third kappa shape index (κ3) is 5.39. The topological polar surface area (TPSA) is 71.3 Å². The van der Waals surface area contributed by atoms with Crippen molar-refractivity contribution in [1.82, 2.24) is 5.32 Å². The fraction of sp³-hybridized carbons (Fsp3) is 0.200. The third-order valence-corrected chi connectivity index (χ3v) is 4.58. The summed E-state index contributed by atoms with van der Waals surface area (Å²) in [6.45, 7) is 4.14. The molecule has 30 heavy (non-hydrogen) atoms. The molecule has 0 aliphatic rings. The molecule has 0 radical (unpaired) electrons. The Morgan fingerprint density at radius 3 is 2.33 bits per heavy atom. The van der Waals surface area contributed by atoms with Gasteiger partial charge >= 0.3 is 0 Å². The summed E-state index contributed by atoms with van der Waals surface area (Å²) >= 11 is 0. The molecule has 0 saturated carbocycles. The number of carbonyl (C=O) groups is 1. The van der Waals surface area contributed by atoms with Gasteiger partial charge in [-0.1, -0.05) is 60.2 Å². The minimum Gasteiger partial charge on any atom is -0.490 e. The molecule has 0 heterocycles. The van der Waals surface area contributed by atoms with Crippen molar-refractivity contribution < 1.29 is 14.3 Å². The Balaban J connectivity index is 1.74. The second kappa shape index (κ2) is 10.1. The summed E-state index contributed by atoms with van der Waals surface area (Å²) in [7, 11) is 0. The quantitative estimate of drug-likeness (QED) is 0.602. The van der Waals surface area contributed by atoms with E-state index in [0.29, 0.717) is 23.7 Å². The first-order chi connectivity index (χ1) is 14.6. The second-order valence-corrected chi connectivity index (χ2v) is 6.82. The summed E-state index contributed by atoms with van der Waals surface area (Å²) in [6.07, 6.45) is 0. The number of rotatable bonds is 8. The van der Waals surface area contributed by atoms with E-state index < -0.39 is 0 Å². The molecule has 0 bridgehead atoms. The largest absolute Gasteiger partial charge is 0.490 e. The average Bonchev–Trinajstić information content (AvgIpc) is 2.78. The lowest BCUT2D eigenvalue weighted by molar-refractivity contribution is -0.123. The minimum absolute atomic E-state index is 0.166. The van der Waals surface area contributed by atoms with Crippen molar-refractivity contribution in [1.29, 1.82) is 5.26 Å². The van der Waals surface area contributed by atoms with Crippen LogP contribution in [0.1, 0.15) is 35.2 Å². The lowest BCUT2D eigenvalue weighted by Crippen LogP contribution is -2.33. The summed E-state index contributed by atoms with van der Waals surface area (Å²) in [6, 6.07) is 24.6. The molecule has 1 amide bonds. The summed E-state index contributed by atoms with van der Waals surface area (Å²) in [5.41, 5.74) is 3.61. The number of aryl methyl sites for hydroxylation is 1. The van der Waals surface area contributed by atoms with E-state index >= 15 is 0 Å². The molecule has 3 aromatic carbocycles. The molecule has 1 unspecified atom stereocenters. The maximum Gasteiger partial charge on any atom is 0.258 e. The Kier molecular flexibility index (Phi) is 7.07. The smallest absolute Gasteiger partial charge is 0.258 e. The zero-order chi connectivity index (χ0) is 21.3. The summed E-state index contributed by atoms with van der Waals surface area (Å²) in [5, 5.41) is 12.1. The Bertz CT molecular complexity index is 1020. The van der Waals surface area contributed by atoms with Crippen LogP contribution in [-0.4, -0.2) is 19.1 Å². The maximum absolute atomic E-state index is 12.7. The SMILES string of the molecule is CCOc1cc(C#N)ccc1OCC(=O)NC(c1ccccc1)c1ccc(C)cc1. The predicted octanol–water partition coefficient (Wildman–Crippen LogP) is 4.55. The van der Waals surface area contributed by atoms with Crippen molar-refractivity contribution in [3.05, 3.63) is 95.1 Å². The number of nitrogens with zero attached hydrogens (tertiary/aromatic N) is 1. The van der Waals surface area contributed by atoms with Crippen molar-refractivity contribution in [2.75, 3.05) is 13.2 Å². The van der Waals surface area contributed by atoms with Gasteiger partial charge in [-0.15, -0.1) is 0 Å². The highest BCUT2D eigenvalue weighted by Crippen LogP contribution is 2.28. The van der Waals surface area contributed by atoms with Gasteiger partial charge in [0.25, 0.3) is 5.91 Å². The van der Waals surface area contributed by atoms with Crippen molar-refractivity contribution in [2.24, 2.45) is 0 Å². The van der Waals surface area contributed by atoms with E-state index in [2.05, 4.69) is 11.4 Å². The van der Waals surface area contributed by atoms with E-state index in [4.69, 9.17) is 14.7 Å². The molecule has 5 nitrogen and oxygen atoms in total. The Morgan fingerprint density at radius 2 is 1.67 bits per heavy atom. The molecule has 0 aliphatic heterocycles. The first-order valence-electron chi connectivity index (χ1n) is 9.81. The van der Waals surface area contributed by atoms with Gasteiger partial charge in [-0.2, -0.15) is 5.26 Å². The van der Waals surface area contributed by atoms with Gasteiger partial charge in [0.05, 0.1) is 24.3 Å². The molecular weight excluding hydrogens is 376 g/mol. The third-order valence-electron chi connectivity index (χ3n) is 4.58. The Morgan fingerprint density at radius 1 is 0.967 bits per heavy atom. The highest BCUT2D eigenvalue weighted by Gasteiger charge is 2.17. The van der Waals surface area contributed by atoms with E-state index in [0.717, 1.165) is 16.7 Å². The van der Waals surface area contributed by atoms with Crippen LogP contribution in [0.15, 0.2) is 72.8 Å². The highest BCUT2D eigenvalue weighted by atomic mass is 16.5. The van der Waals surface area contributed by atoms with Crippen LogP contribution in [0.3, 0.4) is 0 Å². The van der Waals surface area contributed by atoms with Crippen LogP contribution < -0.4 is 14.8 Å². The molecule has 1 atom stereocenters. The van der Waals surface area contributed by atoms with E-state index in [9.17, 15) is 4.79 Å². The van der Waals surface area contributed by atoms with Crippen LogP contribution >= 0.6 is 0 Å². The van der Waals surface area contributed by atoms with Crippen molar-refractivity contribution >= 4 is 5.91 Å². The summed E-state index contributed by atoms with van der Waals surface area (Å²) in [5.74, 6) is 0.622. The standard InChI is InChI=1S/C25H24N2O3/c1-3-29-23-15-19(16-26)11-14-22(23)30-17-24(28)27-25(20-7-5-4-6-8-20)21-12-9-18(2)10-13-21/h4-15,25H,3,17H2,1-2H3,(H,27,28). The number of carbonyl (C=O) groups excluding carboxylic acids is 1. The zero-order valence-corrected chi connectivity index (χ0v) is 17.1. The fourth-order valence-corrected chi connectivity index (χ4v) is 3.07. The van der Waals surface area contributed by atoms with Crippen LogP contribution in [0.4, 0.5) is 0 Å². The van der Waals surface area contributed by atoms with Crippen molar-refractivity contribution in [2.45, 2.75) is 19.9 Å². The molecular formula is C25H24N2O3. The molecule has 1 N–H and O–H groups in total. The number of hydrogen-bond acceptors (Lipinski definition) is 4. The van der Waals surface area contributed by atoms with Crippen molar-refractivity contribution in [3.8, 4) is 17.6 Å². The first kappa shape index (κ1) is 20.9. The lowest BCUT2D eigenvalue weighted by Gasteiger charge is -2.20. The average molecular weight is 400 g/mol.